The van der Waals surface area contributed by atoms with Crippen molar-refractivity contribution >= 4 is 39.9 Å². The molecule has 9 nitrogen and oxygen atoms in total. The summed E-state index contributed by atoms with van der Waals surface area (Å²) in [4.78, 5) is 22.6. The van der Waals surface area contributed by atoms with E-state index in [0.717, 1.165) is 16.0 Å². The van der Waals surface area contributed by atoms with Crippen molar-refractivity contribution in [2.45, 2.75) is 6.54 Å². The minimum Gasteiger partial charge on any atom is -0.378 e. The van der Waals surface area contributed by atoms with Crippen LogP contribution in [0.15, 0.2) is 71.7 Å². The zero-order valence-electron chi connectivity index (χ0n) is 16.0. The highest BCUT2D eigenvalue weighted by Gasteiger charge is 2.16. The van der Waals surface area contributed by atoms with Crippen molar-refractivity contribution in [2.75, 3.05) is 10.0 Å². The average Bonchev–Trinajstić information content (AvgIpc) is 3.44. The minimum atomic E-state index is -2.12. The number of nitrogens with zero attached hydrogens (tertiary/aromatic N) is 3. The smallest absolute Gasteiger partial charge is 0.378 e. The van der Waals surface area contributed by atoms with E-state index < -0.39 is 17.2 Å². The molecule has 2 aromatic heterocycles. The van der Waals surface area contributed by atoms with Crippen LogP contribution in [-0.2, 0) is 17.8 Å². The van der Waals surface area contributed by atoms with Crippen LogP contribution in [-0.4, -0.2) is 29.7 Å². The van der Waals surface area contributed by atoms with E-state index in [1.807, 2.05) is 42.5 Å². The monoisotopic (exact) mass is 455 g/mol. The van der Waals surface area contributed by atoms with E-state index in [4.69, 9.17) is 9.39 Å². The van der Waals surface area contributed by atoms with Gasteiger partial charge in [0.15, 0.2) is 5.69 Å². The minimum absolute atomic E-state index is 0.216. The first-order valence-electron chi connectivity index (χ1n) is 9.05. The Kier molecular flexibility index (Phi) is 6.36. The number of nitrogens with one attached hydrogen (secondary N) is 2. The lowest BCUT2D eigenvalue weighted by Crippen LogP contribution is -2.20. The number of hydrogen-bond acceptors (Lipinski definition) is 7. The SMILES string of the molecule is O=C(On1cc(NCc2ccc(NS(=O)O)cc2)c(-c2ccccc2)n1)c1cscn1. The highest BCUT2D eigenvalue weighted by atomic mass is 32.2. The van der Waals surface area contributed by atoms with Gasteiger partial charge in [-0.15, -0.1) is 16.4 Å². The Balaban J connectivity index is 1.53. The largest absolute Gasteiger partial charge is 0.384 e. The lowest BCUT2D eigenvalue weighted by Gasteiger charge is -2.07. The van der Waals surface area contributed by atoms with E-state index in [1.54, 1.807) is 29.2 Å². The maximum absolute atomic E-state index is 12.2. The first kappa shape index (κ1) is 20.7. The van der Waals surface area contributed by atoms with Crippen LogP contribution in [0.2, 0.25) is 0 Å². The second kappa shape index (κ2) is 9.51. The molecule has 2 aromatic carbocycles. The van der Waals surface area contributed by atoms with Crippen molar-refractivity contribution in [3.8, 4) is 11.3 Å². The predicted molar refractivity (Wildman–Crippen MR) is 119 cm³/mol. The molecule has 0 bridgehead atoms. The van der Waals surface area contributed by atoms with Gasteiger partial charge in [0.05, 0.1) is 17.4 Å². The van der Waals surface area contributed by atoms with Crippen LogP contribution in [0.4, 0.5) is 11.4 Å². The summed E-state index contributed by atoms with van der Waals surface area (Å²) in [5.41, 5.74) is 5.42. The first-order chi connectivity index (χ1) is 15.1. The van der Waals surface area contributed by atoms with Crippen LogP contribution in [0.5, 0.6) is 0 Å². The van der Waals surface area contributed by atoms with Crippen molar-refractivity contribution in [1.29, 1.82) is 0 Å². The molecule has 0 aliphatic rings. The van der Waals surface area contributed by atoms with E-state index in [1.165, 1.54) is 11.3 Å². The molecule has 0 amide bonds. The topological polar surface area (TPSA) is 118 Å². The van der Waals surface area contributed by atoms with Gasteiger partial charge in [0.25, 0.3) is 11.3 Å². The fraction of sp³-hybridized carbons (Fsp3) is 0.0500. The molecule has 4 rings (SSSR count). The summed E-state index contributed by atoms with van der Waals surface area (Å²) in [5.74, 6) is -0.598. The van der Waals surface area contributed by atoms with Crippen LogP contribution in [0.25, 0.3) is 11.3 Å². The van der Waals surface area contributed by atoms with Crippen LogP contribution in [0.3, 0.4) is 0 Å². The van der Waals surface area contributed by atoms with Crippen molar-refractivity contribution in [2.24, 2.45) is 0 Å². The van der Waals surface area contributed by atoms with E-state index >= 15 is 0 Å². The second-order valence-electron chi connectivity index (χ2n) is 6.31. The van der Waals surface area contributed by atoms with Crippen LogP contribution in [0.1, 0.15) is 16.1 Å². The third-order valence-corrected chi connectivity index (χ3v) is 5.20. The molecule has 3 N–H and O–H groups in total. The van der Waals surface area contributed by atoms with Crippen molar-refractivity contribution < 1.29 is 18.4 Å². The summed E-state index contributed by atoms with van der Waals surface area (Å²) >= 11 is -0.812. The van der Waals surface area contributed by atoms with Crippen LogP contribution < -0.4 is 14.9 Å². The molecular formula is C20H17N5O4S2. The number of thiazole rings is 1. The van der Waals surface area contributed by atoms with Crippen molar-refractivity contribution in [3.63, 3.8) is 0 Å². The molecule has 0 fully saturated rings. The van der Waals surface area contributed by atoms with Gasteiger partial charge >= 0.3 is 5.97 Å². The summed E-state index contributed by atoms with van der Waals surface area (Å²) in [6.45, 7) is 0.466. The zero-order valence-corrected chi connectivity index (χ0v) is 17.6. The van der Waals surface area contributed by atoms with E-state index in [2.05, 4.69) is 20.1 Å². The Morgan fingerprint density at radius 2 is 1.94 bits per heavy atom. The molecule has 0 aliphatic heterocycles. The molecule has 2 heterocycles. The van der Waals surface area contributed by atoms with E-state index in [0.29, 0.717) is 23.6 Å². The maximum Gasteiger partial charge on any atom is 0.384 e. The maximum atomic E-state index is 12.2. The molecular weight excluding hydrogens is 438 g/mol. The molecule has 31 heavy (non-hydrogen) atoms. The highest BCUT2D eigenvalue weighted by Crippen LogP contribution is 2.26. The van der Waals surface area contributed by atoms with Crippen molar-refractivity contribution in [3.05, 3.63) is 82.9 Å². The van der Waals surface area contributed by atoms with Gasteiger partial charge in [0.1, 0.15) is 5.69 Å². The normalized spacial score (nSPS) is 11.6. The van der Waals surface area contributed by atoms with Gasteiger partial charge in [0.2, 0.25) is 0 Å². The molecule has 1 atom stereocenters. The Morgan fingerprint density at radius 3 is 2.61 bits per heavy atom. The van der Waals surface area contributed by atoms with Gasteiger partial charge in [-0.3, -0.25) is 9.27 Å². The number of rotatable bonds is 8. The number of benzene rings is 2. The molecule has 0 spiro atoms. The Bertz CT molecular complexity index is 1180. The van der Waals surface area contributed by atoms with Crippen LogP contribution >= 0.6 is 11.3 Å². The van der Waals surface area contributed by atoms with Crippen molar-refractivity contribution in [1.82, 2.24) is 14.9 Å². The number of hydrogen-bond donors (Lipinski definition) is 3. The van der Waals surface area contributed by atoms with Crippen LogP contribution in [0, 0.1) is 0 Å². The first-order valence-corrected chi connectivity index (χ1v) is 11.1. The Hall–Kier alpha value is -3.54. The zero-order chi connectivity index (χ0) is 21.6. The molecule has 158 valence electrons. The van der Waals surface area contributed by atoms with Gasteiger partial charge in [-0.1, -0.05) is 47.3 Å². The molecule has 0 aliphatic carbocycles. The molecule has 1 unspecified atom stereocenters. The Morgan fingerprint density at radius 1 is 1.16 bits per heavy atom. The molecule has 0 radical (unpaired) electrons. The molecule has 4 aromatic rings. The number of carbonyl (C=O) groups excluding carboxylic acids is 1. The third-order valence-electron chi connectivity index (χ3n) is 4.20. The third kappa shape index (κ3) is 5.34. The summed E-state index contributed by atoms with van der Waals surface area (Å²) in [7, 11) is 0. The molecule has 0 saturated carbocycles. The fourth-order valence-electron chi connectivity index (χ4n) is 2.77. The quantitative estimate of drug-likeness (QED) is 0.348. The summed E-state index contributed by atoms with van der Waals surface area (Å²) in [6, 6.07) is 16.6. The predicted octanol–water partition coefficient (Wildman–Crippen LogP) is 3.44. The van der Waals surface area contributed by atoms with Gasteiger partial charge in [-0.2, -0.15) is 0 Å². The lowest BCUT2D eigenvalue weighted by atomic mass is 10.1. The molecule has 0 saturated heterocycles. The number of anilines is 2. The van der Waals surface area contributed by atoms with Gasteiger partial charge in [0, 0.05) is 23.2 Å². The van der Waals surface area contributed by atoms with E-state index in [-0.39, 0.29) is 5.69 Å². The fourth-order valence-corrected chi connectivity index (χ4v) is 3.63. The summed E-state index contributed by atoms with van der Waals surface area (Å²) < 4.78 is 22.1. The number of carbonyl (C=O) groups is 1. The summed E-state index contributed by atoms with van der Waals surface area (Å²) in [6.07, 6.45) is 1.59. The average molecular weight is 456 g/mol. The standard InChI is InChI=1S/C20H17N5O4S2/c26-20(18-12-30-13-22-18)29-25-11-17(19(23-25)15-4-2-1-3-5-15)21-10-14-6-8-16(9-7-14)24-31(27)28/h1-9,11-13,21,24H,10H2,(H,27,28). The second-order valence-corrected chi connectivity index (χ2v) is 7.74. The van der Waals surface area contributed by atoms with E-state index in [9.17, 15) is 9.00 Å². The Labute approximate surface area is 184 Å². The lowest BCUT2D eigenvalue weighted by molar-refractivity contribution is 0.0390. The van der Waals surface area contributed by atoms with Gasteiger partial charge in [-0.25, -0.2) is 14.0 Å². The highest BCUT2D eigenvalue weighted by molar-refractivity contribution is 7.80. The number of aromatic nitrogens is 3. The van der Waals surface area contributed by atoms with Gasteiger partial charge < -0.3 is 10.2 Å². The summed E-state index contributed by atoms with van der Waals surface area (Å²) in [5, 5.41) is 9.31. The van der Waals surface area contributed by atoms with Gasteiger partial charge in [-0.05, 0) is 17.7 Å². The molecule has 11 heteroatoms.